The van der Waals surface area contributed by atoms with Crippen LogP contribution >= 0.6 is 0 Å². The Morgan fingerprint density at radius 1 is 1.07 bits per heavy atom. The van der Waals surface area contributed by atoms with Gasteiger partial charge in [-0.25, -0.2) is 13.5 Å². The molecule has 0 bridgehead atoms. The van der Waals surface area contributed by atoms with Crippen molar-refractivity contribution >= 4 is 23.6 Å². The Morgan fingerprint density at radius 3 is 2.62 bits per heavy atom. The summed E-state index contributed by atoms with van der Waals surface area (Å²) >= 11 is 0. The van der Waals surface area contributed by atoms with Crippen LogP contribution in [0, 0.1) is 0 Å². The van der Waals surface area contributed by atoms with Gasteiger partial charge in [0.2, 0.25) is 11.8 Å². The predicted octanol–water partition coefficient (Wildman–Crippen LogP) is 1.50. The van der Waals surface area contributed by atoms with E-state index < -0.39 is 60.5 Å². The maximum atomic E-state index is 13.8. The second-order valence-corrected chi connectivity index (χ2v) is 11.3. The highest BCUT2D eigenvalue weighted by atomic mass is 19.3. The number of aromatic nitrogens is 6. The van der Waals surface area contributed by atoms with Gasteiger partial charge in [0.05, 0.1) is 35.4 Å². The van der Waals surface area contributed by atoms with Gasteiger partial charge in [-0.3, -0.25) is 34.1 Å². The summed E-state index contributed by atoms with van der Waals surface area (Å²) in [6.07, 6.45) is 3.34. The van der Waals surface area contributed by atoms with E-state index in [1.165, 1.54) is 10.7 Å². The van der Waals surface area contributed by atoms with E-state index in [0.29, 0.717) is 24.6 Å². The largest absolute Gasteiger partial charge is 0.302 e. The molecular formula is C27H27F2N9O4. The molecule has 1 saturated heterocycles. The minimum Gasteiger partial charge on any atom is -0.302 e. The Morgan fingerprint density at radius 2 is 1.88 bits per heavy atom. The van der Waals surface area contributed by atoms with Crippen LogP contribution < -0.4 is 10.6 Å². The summed E-state index contributed by atoms with van der Waals surface area (Å²) in [6, 6.07) is 4.16. The number of tetrazole rings is 1. The van der Waals surface area contributed by atoms with Crippen molar-refractivity contribution in [1.82, 2.24) is 45.5 Å². The molecule has 15 heteroatoms. The number of piperidine rings is 1. The summed E-state index contributed by atoms with van der Waals surface area (Å²) in [5.74, 6) is -4.59. The van der Waals surface area contributed by atoms with Crippen molar-refractivity contribution in [2.75, 3.05) is 6.54 Å². The first-order chi connectivity index (χ1) is 20.2. The van der Waals surface area contributed by atoms with Crippen LogP contribution in [0.25, 0.3) is 0 Å². The summed E-state index contributed by atoms with van der Waals surface area (Å²) in [5.41, 5.74) is 1.60. The number of halogens is 2. The highest BCUT2D eigenvalue weighted by Crippen LogP contribution is 2.46. The van der Waals surface area contributed by atoms with Crippen molar-refractivity contribution in [1.29, 1.82) is 0 Å². The molecule has 3 aromatic rings. The van der Waals surface area contributed by atoms with Crippen LogP contribution in [-0.4, -0.2) is 77.0 Å². The van der Waals surface area contributed by atoms with Gasteiger partial charge >= 0.3 is 0 Å². The molecule has 2 saturated carbocycles. The number of rotatable bonds is 9. The number of carbonyl (C=O) groups is 4. The highest BCUT2D eigenvalue weighted by molar-refractivity contribution is 6.24. The molecule has 2 atom stereocenters. The normalized spacial score (nSPS) is 22.7. The fourth-order valence-electron chi connectivity index (χ4n) is 6.00. The van der Waals surface area contributed by atoms with Gasteiger partial charge in [-0.05, 0) is 47.4 Å². The quantitative estimate of drug-likeness (QED) is 0.359. The van der Waals surface area contributed by atoms with Gasteiger partial charge in [-0.1, -0.05) is 12.1 Å². The molecule has 2 N–H and O–H groups in total. The fourth-order valence-corrected chi connectivity index (χ4v) is 6.00. The highest BCUT2D eigenvalue weighted by Gasteiger charge is 2.49. The first kappa shape index (κ1) is 26.5. The number of benzene rings is 1. The molecule has 218 valence electrons. The Kier molecular flexibility index (Phi) is 6.22. The Hall–Kier alpha value is -4.40. The molecule has 2 aliphatic heterocycles. The third kappa shape index (κ3) is 4.57. The van der Waals surface area contributed by atoms with Gasteiger partial charge in [0, 0.05) is 37.9 Å². The molecular weight excluding hydrogens is 552 g/mol. The average Bonchev–Trinajstić information content (AvgIpc) is 3.38. The molecule has 13 nitrogen and oxygen atoms in total. The molecule has 3 fully saturated rings. The zero-order valence-corrected chi connectivity index (χ0v) is 22.4. The molecule has 2 unspecified atom stereocenters. The first-order valence-electron chi connectivity index (χ1n) is 14.0. The van der Waals surface area contributed by atoms with Gasteiger partial charge in [0.25, 0.3) is 17.7 Å². The van der Waals surface area contributed by atoms with Crippen molar-refractivity contribution in [3.05, 3.63) is 58.7 Å². The number of fused-ring (bicyclic) bond motifs is 1. The third-order valence-electron chi connectivity index (χ3n) is 8.35. The average molecular weight is 580 g/mol. The number of hydrogen-bond donors (Lipinski definition) is 2. The summed E-state index contributed by atoms with van der Waals surface area (Å²) in [6.45, 7) is 0.823. The van der Waals surface area contributed by atoms with Crippen molar-refractivity contribution < 1.29 is 28.0 Å². The van der Waals surface area contributed by atoms with Gasteiger partial charge in [-0.15, -0.1) is 5.10 Å². The Bertz CT molecular complexity index is 1610. The number of amides is 4. The van der Waals surface area contributed by atoms with Gasteiger partial charge in [0.1, 0.15) is 6.04 Å². The van der Waals surface area contributed by atoms with Crippen molar-refractivity contribution in [3.8, 4) is 0 Å². The van der Waals surface area contributed by atoms with E-state index >= 15 is 0 Å². The van der Waals surface area contributed by atoms with Crippen LogP contribution in [0.15, 0.2) is 30.5 Å². The van der Waals surface area contributed by atoms with E-state index in [4.69, 9.17) is 0 Å². The van der Waals surface area contributed by atoms with E-state index in [1.807, 2.05) is 16.9 Å². The fraction of sp³-hybridized carbons (Fsp3) is 0.481. The van der Waals surface area contributed by atoms with Crippen LogP contribution in [0.2, 0.25) is 0 Å². The lowest BCUT2D eigenvalue weighted by atomic mass is 9.88. The van der Waals surface area contributed by atoms with Gasteiger partial charge in [-0.2, -0.15) is 5.10 Å². The molecule has 2 aromatic heterocycles. The summed E-state index contributed by atoms with van der Waals surface area (Å²) < 4.78 is 30.7. The maximum Gasteiger partial charge on any atom is 0.262 e. The van der Waals surface area contributed by atoms with Crippen LogP contribution in [0.5, 0.6) is 0 Å². The summed E-state index contributed by atoms with van der Waals surface area (Å²) in [5, 5.41) is 22.1. The molecule has 42 heavy (non-hydrogen) atoms. The number of carbonyl (C=O) groups excluding carboxylic acids is 4. The topological polar surface area (TPSA) is 157 Å². The lowest BCUT2D eigenvalue weighted by Gasteiger charge is -2.35. The van der Waals surface area contributed by atoms with Crippen molar-refractivity contribution in [2.24, 2.45) is 0 Å². The molecule has 4 amide bonds. The van der Waals surface area contributed by atoms with Crippen LogP contribution in [0.1, 0.15) is 94.3 Å². The molecule has 1 aromatic carbocycles. The minimum absolute atomic E-state index is 0.00245. The van der Waals surface area contributed by atoms with E-state index in [0.717, 1.165) is 23.4 Å². The lowest BCUT2D eigenvalue weighted by Crippen LogP contribution is -2.54. The van der Waals surface area contributed by atoms with Crippen LogP contribution in [-0.2, 0) is 16.1 Å². The number of hydrogen-bond acceptors (Lipinski definition) is 9. The van der Waals surface area contributed by atoms with E-state index in [2.05, 4.69) is 31.3 Å². The Balaban J connectivity index is 1.21. The summed E-state index contributed by atoms with van der Waals surface area (Å²) in [7, 11) is 0. The maximum absolute atomic E-state index is 13.8. The first-order valence-corrected chi connectivity index (χ1v) is 14.0. The van der Waals surface area contributed by atoms with Crippen molar-refractivity contribution in [2.45, 2.75) is 75.0 Å². The lowest BCUT2D eigenvalue weighted by molar-refractivity contribution is -0.136. The molecule has 7 rings (SSSR count). The smallest absolute Gasteiger partial charge is 0.262 e. The molecule has 0 radical (unpaired) electrons. The molecule has 4 aliphatic rings. The second-order valence-electron chi connectivity index (χ2n) is 11.3. The van der Waals surface area contributed by atoms with Gasteiger partial charge in [0.15, 0.2) is 5.82 Å². The molecule has 2 aliphatic carbocycles. The number of nitrogens with zero attached hydrogens (tertiary/aromatic N) is 7. The Labute approximate surface area is 237 Å². The van der Waals surface area contributed by atoms with E-state index in [-0.39, 0.29) is 29.8 Å². The zero-order valence-electron chi connectivity index (χ0n) is 22.4. The third-order valence-corrected chi connectivity index (χ3v) is 8.35. The monoisotopic (exact) mass is 579 g/mol. The van der Waals surface area contributed by atoms with E-state index in [9.17, 15) is 28.0 Å². The standard InChI is InChI=1S/C27H27F2N9O4/c28-27(29)12-15(13-27)38-23(32-34-35-38)22(30-9-11-36-10-8-18(33-36)14-4-5-14)16-2-1-3-17-21(16)26(42)37(25(17)41)19-6-7-20(39)31-24(19)40/h1-3,8,10,14-15,19,22,30H,4-7,9,11-13H2,(H,31,39,40). The van der Waals surface area contributed by atoms with Crippen LogP contribution in [0.3, 0.4) is 0 Å². The molecule has 0 spiro atoms. The minimum atomic E-state index is -2.81. The SMILES string of the molecule is O=C1CCC(N2C(=O)c3cccc(C(NCCn4ccc(C5CC5)n4)c4nnnn4C4CC(F)(F)C4)c3C2=O)C(=O)N1. The zero-order chi connectivity index (χ0) is 29.2. The van der Waals surface area contributed by atoms with Crippen LogP contribution in [0.4, 0.5) is 8.78 Å². The number of imide groups is 2. The van der Waals surface area contributed by atoms with Crippen molar-refractivity contribution in [3.63, 3.8) is 0 Å². The summed E-state index contributed by atoms with van der Waals surface area (Å²) in [4.78, 5) is 52.4. The molecule has 4 heterocycles. The predicted molar refractivity (Wildman–Crippen MR) is 138 cm³/mol. The number of alkyl halides is 2. The number of nitrogens with one attached hydrogen (secondary N) is 2. The van der Waals surface area contributed by atoms with Gasteiger partial charge < -0.3 is 5.32 Å². The van der Waals surface area contributed by atoms with E-state index in [1.54, 1.807) is 12.1 Å². The second kappa shape index (κ2) is 9.86.